The summed E-state index contributed by atoms with van der Waals surface area (Å²) in [4.78, 5) is 12.1. The van der Waals surface area contributed by atoms with Gasteiger partial charge in [0.2, 0.25) is 5.91 Å². The Labute approximate surface area is 172 Å². The van der Waals surface area contributed by atoms with Crippen LogP contribution in [0, 0.1) is 0 Å². The van der Waals surface area contributed by atoms with Crippen LogP contribution in [0.2, 0.25) is 5.02 Å². The number of amides is 1. The van der Waals surface area contributed by atoms with Gasteiger partial charge < -0.3 is 14.5 Å². The van der Waals surface area contributed by atoms with E-state index >= 15 is 0 Å². The molecule has 2 aromatic rings. The van der Waals surface area contributed by atoms with Crippen molar-refractivity contribution in [2.45, 2.75) is 25.4 Å². The molecular weight excluding hydrogens is 372 g/mol. The lowest BCUT2D eigenvalue weighted by atomic mass is 10.0. The minimum atomic E-state index is -0.161. The molecule has 0 radical (unpaired) electrons. The van der Waals surface area contributed by atoms with Gasteiger partial charge in [0.25, 0.3) is 0 Å². The lowest BCUT2D eigenvalue weighted by Gasteiger charge is -2.40. The summed E-state index contributed by atoms with van der Waals surface area (Å²) in [6, 6.07) is 16.1. The van der Waals surface area contributed by atoms with E-state index in [1.54, 1.807) is 6.08 Å². The topological polar surface area (TPSA) is 38.3 Å². The Balaban J connectivity index is 1.55. The molecule has 28 heavy (non-hydrogen) atoms. The van der Waals surface area contributed by atoms with E-state index in [4.69, 9.17) is 16.3 Å². The molecule has 0 saturated carbocycles. The zero-order chi connectivity index (χ0) is 20.0. The predicted octanol–water partition coefficient (Wildman–Crippen LogP) is 4.75. The number of anilines is 1. The first-order chi connectivity index (χ1) is 13.4. The molecule has 0 spiro atoms. The fourth-order valence-electron chi connectivity index (χ4n) is 3.64. The first-order valence-electron chi connectivity index (χ1n) is 9.66. The van der Waals surface area contributed by atoms with Gasteiger partial charge in [-0.1, -0.05) is 35.9 Å². The van der Waals surface area contributed by atoms with Crippen LogP contribution in [-0.2, 0) is 16.1 Å². The fourth-order valence-corrected chi connectivity index (χ4v) is 3.84. The van der Waals surface area contributed by atoms with Crippen LogP contribution in [0.4, 0.5) is 5.69 Å². The highest BCUT2D eigenvalue weighted by Crippen LogP contribution is 2.23. The first-order valence-corrected chi connectivity index (χ1v) is 10.0. The van der Waals surface area contributed by atoms with Gasteiger partial charge in [0.1, 0.15) is 6.54 Å². The monoisotopic (exact) mass is 399 g/mol. The molecule has 1 aliphatic rings. The fraction of sp³-hybridized carbons (Fsp3) is 0.348. The first kappa shape index (κ1) is 20.6. The Kier molecular flexibility index (Phi) is 6.89. The third kappa shape index (κ3) is 5.93. The van der Waals surface area contributed by atoms with Crippen LogP contribution in [0.25, 0.3) is 6.08 Å². The number of quaternary nitrogens is 1. The highest BCUT2D eigenvalue weighted by Gasteiger charge is 2.30. The normalized spacial score (nSPS) is 15.7. The van der Waals surface area contributed by atoms with Crippen molar-refractivity contribution in [3.63, 3.8) is 0 Å². The van der Waals surface area contributed by atoms with Gasteiger partial charge in [-0.15, -0.1) is 0 Å². The van der Waals surface area contributed by atoms with Gasteiger partial charge in [-0.25, -0.2) is 0 Å². The van der Waals surface area contributed by atoms with Crippen molar-refractivity contribution in [3.05, 3.63) is 70.8 Å². The van der Waals surface area contributed by atoms with Crippen molar-refractivity contribution in [1.82, 2.24) is 0 Å². The zero-order valence-corrected chi connectivity index (χ0v) is 17.3. The van der Waals surface area contributed by atoms with Crippen LogP contribution in [0.3, 0.4) is 0 Å². The molecule has 1 aliphatic heterocycles. The van der Waals surface area contributed by atoms with Gasteiger partial charge in [0, 0.05) is 35.2 Å². The van der Waals surface area contributed by atoms with Gasteiger partial charge in [-0.2, -0.15) is 0 Å². The maximum absolute atomic E-state index is 12.1. The van der Waals surface area contributed by atoms with Crippen LogP contribution < -0.4 is 5.32 Å². The van der Waals surface area contributed by atoms with Gasteiger partial charge in [-0.05, 0) is 35.9 Å². The molecule has 0 bridgehead atoms. The zero-order valence-electron chi connectivity index (χ0n) is 16.5. The van der Waals surface area contributed by atoms with Crippen molar-refractivity contribution >= 4 is 29.3 Å². The number of carbonyl (C=O) groups is 1. The van der Waals surface area contributed by atoms with Gasteiger partial charge in [-0.3, -0.25) is 4.79 Å². The second-order valence-corrected chi connectivity index (χ2v) is 8.29. The molecule has 0 aromatic heterocycles. The Morgan fingerprint density at radius 3 is 2.57 bits per heavy atom. The molecule has 1 heterocycles. The molecule has 0 aliphatic carbocycles. The second kappa shape index (κ2) is 9.37. The number of rotatable bonds is 6. The SMILES string of the molecule is C[N+](C)(Cc1ccc(NC(=O)/C=C/c2cccc(Cl)c2)cc1)C1CCOCC1. The third-order valence-electron chi connectivity index (χ3n) is 5.27. The minimum absolute atomic E-state index is 0.161. The van der Waals surface area contributed by atoms with Crippen LogP contribution in [-0.4, -0.2) is 43.7 Å². The number of ether oxygens (including phenoxy) is 1. The third-order valence-corrected chi connectivity index (χ3v) is 5.50. The van der Waals surface area contributed by atoms with Crippen molar-refractivity contribution in [2.24, 2.45) is 0 Å². The molecule has 1 amide bonds. The highest BCUT2D eigenvalue weighted by atomic mass is 35.5. The molecule has 0 atom stereocenters. The molecular formula is C23H28ClN2O2+. The lowest BCUT2D eigenvalue weighted by Crippen LogP contribution is -2.50. The Hall–Kier alpha value is -2.14. The molecule has 3 rings (SSSR count). The maximum atomic E-state index is 12.1. The average Bonchev–Trinajstić information content (AvgIpc) is 2.68. The van der Waals surface area contributed by atoms with E-state index in [0.717, 1.165) is 48.3 Å². The summed E-state index contributed by atoms with van der Waals surface area (Å²) in [6.07, 6.45) is 5.49. The number of nitrogens with zero attached hydrogens (tertiary/aromatic N) is 1. The van der Waals surface area contributed by atoms with E-state index < -0.39 is 0 Å². The molecule has 1 N–H and O–H groups in total. The smallest absolute Gasteiger partial charge is 0.248 e. The van der Waals surface area contributed by atoms with E-state index in [0.29, 0.717) is 11.1 Å². The van der Waals surface area contributed by atoms with Crippen molar-refractivity contribution in [2.75, 3.05) is 32.6 Å². The molecule has 0 unspecified atom stereocenters. The molecule has 4 nitrogen and oxygen atoms in total. The van der Waals surface area contributed by atoms with Crippen molar-refractivity contribution in [1.29, 1.82) is 0 Å². The Morgan fingerprint density at radius 2 is 1.89 bits per heavy atom. The van der Waals surface area contributed by atoms with Crippen molar-refractivity contribution in [3.8, 4) is 0 Å². The molecule has 5 heteroatoms. The van der Waals surface area contributed by atoms with Gasteiger partial charge in [0.15, 0.2) is 0 Å². The average molecular weight is 400 g/mol. The van der Waals surface area contributed by atoms with Crippen molar-refractivity contribution < 1.29 is 14.0 Å². The number of nitrogens with one attached hydrogen (secondary N) is 1. The quantitative estimate of drug-likeness (QED) is 0.562. The van der Waals surface area contributed by atoms with Crippen LogP contribution >= 0.6 is 11.6 Å². The number of benzene rings is 2. The number of carbonyl (C=O) groups excluding carboxylic acids is 1. The molecule has 148 valence electrons. The largest absolute Gasteiger partial charge is 0.381 e. The summed E-state index contributed by atoms with van der Waals surface area (Å²) in [5.74, 6) is -0.161. The summed E-state index contributed by atoms with van der Waals surface area (Å²) < 4.78 is 6.45. The summed E-state index contributed by atoms with van der Waals surface area (Å²) in [5.41, 5.74) is 2.95. The minimum Gasteiger partial charge on any atom is -0.381 e. The lowest BCUT2D eigenvalue weighted by molar-refractivity contribution is -0.929. The number of hydrogen-bond donors (Lipinski definition) is 1. The van der Waals surface area contributed by atoms with Crippen LogP contribution in [0.1, 0.15) is 24.0 Å². The molecule has 1 fully saturated rings. The summed E-state index contributed by atoms with van der Waals surface area (Å²) in [6.45, 7) is 2.69. The van der Waals surface area contributed by atoms with E-state index in [2.05, 4.69) is 31.5 Å². The van der Waals surface area contributed by atoms with E-state index in [1.165, 1.54) is 11.6 Å². The van der Waals surface area contributed by atoms with Gasteiger partial charge in [0.05, 0.1) is 33.4 Å². The van der Waals surface area contributed by atoms with Crippen LogP contribution in [0.15, 0.2) is 54.6 Å². The Morgan fingerprint density at radius 1 is 1.18 bits per heavy atom. The molecule has 1 saturated heterocycles. The predicted molar refractivity (Wildman–Crippen MR) is 115 cm³/mol. The van der Waals surface area contributed by atoms with E-state index in [9.17, 15) is 4.79 Å². The summed E-state index contributed by atoms with van der Waals surface area (Å²) >= 11 is 5.96. The maximum Gasteiger partial charge on any atom is 0.248 e. The van der Waals surface area contributed by atoms with Gasteiger partial charge >= 0.3 is 0 Å². The van der Waals surface area contributed by atoms with Crippen LogP contribution in [0.5, 0.6) is 0 Å². The number of hydrogen-bond acceptors (Lipinski definition) is 2. The Bertz CT molecular complexity index is 825. The summed E-state index contributed by atoms with van der Waals surface area (Å²) in [7, 11) is 4.57. The van der Waals surface area contributed by atoms with E-state index in [1.807, 2.05) is 36.4 Å². The summed E-state index contributed by atoms with van der Waals surface area (Å²) in [5, 5.41) is 3.55. The highest BCUT2D eigenvalue weighted by molar-refractivity contribution is 6.30. The van der Waals surface area contributed by atoms with E-state index in [-0.39, 0.29) is 5.91 Å². The molecule has 2 aromatic carbocycles. The second-order valence-electron chi connectivity index (χ2n) is 7.85. The number of halogens is 1. The standard InChI is InChI=1S/C23H27ClN2O2/c1-26(2,22-12-14-28-15-13-22)17-19-6-9-21(10-7-19)25-23(27)11-8-18-4-3-5-20(24)16-18/h3-11,16,22H,12-15,17H2,1-2H3/p+1/b11-8+.